The summed E-state index contributed by atoms with van der Waals surface area (Å²) < 4.78 is 26.3. The predicted molar refractivity (Wildman–Crippen MR) is 77.7 cm³/mol. The van der Waals surface area contributed by atoms with Crippen molar-refractivity contribution < 1.29 is 8.42 Å². The van der Waals surface area contributed by atoms with Crippen molar-refractivity contribution in [2.75, 3.05) is 39.5 Å². The first-order valence-corrected chi connectivity index (χ1v) is 8.97. The van der Waals surface area contributed by atoms with Crippen LogP contribution in [0.25, 0.3) is 0 Å². The Hall–Kier alpha value is -0.170. The van der Waals surface area contributed by atoms with E-state index < -0.39 is 10.0 Å². The highest BCUT2D eigenvalue weighted by Crippen LogP contribution is 2.17. The van der Waals surface area contributed by atoms with Crippen LogP contribution < -0.4 is 5.32 Å². The first kappa shape index (κ1) is 15.2. The summed E-state index contributed by atoms with van der Waals surface area (Å²) in [5, 5.41) is 3.32. The molecule has 2 unspecified atom stereocenters. The molecule has 0 bridgehead atoms. The summed E-state index contributed by atoms with van der Waals surface area (Å²) in [4.78, 5) is 2.27. The van der Waals surface area contributed by atoms with E-state index >= 15 is 0 Å². The quantitative estimate of drug-likeness (QED) is 0.800. The van der Waals surface area contributed by atoms with Crippen molar-refractivity contribution in [1.82, 2.24) is 14.5 Å². The van der Waals surface area contributed by atoms with Crippen LogP contribution in [0.15, 0.2) is 0 Å². The van der Waals surface area contributed by atoms with Crippen LogP contribution in [0.1, 0.15) is 32.1 Å². The zero-order valence-corrected chi connectivity index (χ0v) is 13.0. The van der Waals surface area contributed by atoms with E-state index in [2.05, 4.69) is 17.3 Å². The molecular weight excluding hydrogens is 262 g/mol. The second kappa shape index (κ2) is 6.52. The summed E-state index contributed by atoms with van der Waals surface area (Å²) in [7, 11) is 0.684. The lowest BCUT2D eigenvalue weighted by Gasteiger charge is -2.28. The van der Waals surface area contributed by atoms with Crippen molar-refractivity contribution in [2.24, 2.45) is 0 Å². The van der Waals surface area contributed by atoms with Crippen LogP contribution in [0.3, 0.4) is 0 Å². The highest BCUT2D eigenvalue weighted by atomic mass is 32.2. The molecule has 0 aromatic carbocycles. The molecule has 2 rings (SSSR count). The van der Waals surface area contributed by atoms with Crippen LogP contribution in [0.2, 0.25) is 0 Å². The molecule has 2 saturated heterocycles. The molecule has 0 saturated carbocycles. The molecule has 19 heavy (non-hydrogen) atoms. The number of nitrogens with zero attached hydrogens (tertiary/aromatic N) is 2. The van der Waals surface area contributed by atoms with Crippen LogP contribution in [0.5, 0.6) is 0 Å². The molecule has 0 radical (unpaired) electrons. The number of sulfonamides is 1. The number of likely N-dealkylation sites (N-methyl/N-ethyl adjacent to an activating group) is 2. The van der Waals surface area contributed by atoms with Gasteiger partial charge in [-0.05, 0) is 45.8 Å². The van der Waals surface area contributed by atoms with Gasteiger partial charge in [-0.1, -0.05) is 6.42 Å². The average Bonchev–Trinajstić information content (AvgIpc) is 2.76. The van der Waals surface area contributed by atoms with Crippen molar-refractivity contribution in [3.63, 3.8) is 0 Å². The van der Waals surface area contributed by atoms with Gasteiger partial charge in [0.05, 0.1) is 5.75 Å². The van der Waals surface area contributed by atoms with Gasteiger partial charge < -0.3 is 10.2 Å². The van der Waals surface area contributed by atoms with Gasteiger partial charge in [0.25, 0.3) is 0 Å². The van der Waals surface area contributed by atoms with E-state index in [4.69, 9.17) is 0 Å². The average molecular weight is 289 g/mol. The van der Waals surface area contributed by atoms with Crippen LogP contribution >= 0.6 is 0 Å². The van der Waals surface area contributed by atoms with Gasteiger partial charge in [0.15, 0.2) is 0 Å². The largest absolute Gasteiger partial charge is 0.313 e. The molecule has 112 valence electrons. The van der Waals surface area contributed by atoms with Crippen LogP contribution in [0.4, 0.5) is 0 Å². The van der Waals surface area contributed by atoms with Crippen LogP contribution in [-0.4, -0.2) is 69.2 Å². The lowest BCUT2D eigenvalue weighted by molar-refractivity contribution is 0.270. The number of rotatable bonds is 5. The molecule has 1 N–H and O–H groups in total. The summed E-state index contributed by atoms with van der Waals surface area (Å²) >= 11 is 0. The molecule has 2 fully saturated rings. The Morgan fingerprint density at radius 2 is 2.05 bits per heavy atom. The van der Waals surface area contributed by atoms with E-state index in [1.807, 2.05) is 0 Å². The van der Waals surface area contributed by atoms with Crippen LogP contribution in [0, 0.1) is 0 Å². The Morgan fingerprint density at radius 1 is 1.26 bits per heavy atom. The first-order chi connectivity index (χ1) is 8.99. The molecule has 6 heteroatoms. The van der Waals surface area contributed by atoms with Crippen molar-refractivity contribution in [1.29, 1.82) is 0 Å². The van der Waals surface area contributed by atoms with Crippen molar-refractivity contribution in [3.05, 3.63) is 0 Å². The molecule has 2 aliphatic rings. The maximum atomic E-state index is 12.4. The number of hydrogen-bond donors (Lipinski definition) is 1. The van der Waals surface area contributed by atoms with E-state index in [0.717, 1.165) is 32.4 Å². The maximum absolute atomic E-state index is 12.4. The summed E-state index contributed by atoms with van der Waals surface area (Å²) in [5.41, 5.74) is 0. The van der Waals surface area contributed by atoms with E-state index in [9.17, 15) is 8.42 Å². The van der Waals surface area contributed by atoms with E-state index in [1.165, 1.54) is 12.8 Å². The fraction of sp³-hybridized carbons (Fsp3) is 1.00. The monoisotopic (exact) mass is 289 g/mol. The molecule has 2 heterocycles. The Balaban J connectivity index is 1.86. The first-order valence-electron chi connectivity index (χ1n) is 7.36. The third kappa shape index (κ3) is 4.15. The number of piperidine rings is 1. The summed E-state index contributed by atoms with van der Waals surface area (Å²) in [5.74, 6) is 0.250. The smallest absolute Gasteiger partial charge is 0.215 e. The fourth-order valence-electron chi connectivity index (χ4n) is 3.07. The Kier molecular flexibility index (Phi) is 5.22. The van der Waals surface area contributed by atoms with Crippen molar-refractivity contribution >= 4 is 10.0 Å². The van der Waals surface area contributed by atoms with Gasteiger partial charge in [-0.15, -0.1) is 0 Å². The van der Waals surface area contributed by atoms with Gasteiger partial charge in [-0.2, -0.15) is 0 Å². The van der Waals surface area contributed by atoms with Crippen LogP contribution in [-0.2, 0) is 10.0 Å². The second-order valence-corrected chi connectivity index (χ2v) is 8.10. The minimum atomic E-state index is -3.13. The Bertz CT molecular complexity index is 379. The number of hydrogen-bond acceptors (Lipinski definition) is 4. The summed E-state index contributed by atoms with van der Waals surface area (Å²) in [6.45, 7) is 2.67. The molecule has 2 atom stereocenters. The van der Waals surface area contributed by atoms with Crippen molar-refractivity contribution in [2.45, 2.75) is 44.2 Å². The highest BCUT2D eigenvalue weighted by molar-refractivity contribution is 7.89. The molecule has 2 aliphatic heterocycles. The normalized spacial score (nSPS) is 30.1. The van der Waals surface area contributed by atoms with Crippen molar-refractivity contribution in [3.8, 4) is 0 Å². The minimum Gasteiger partial charge on any atom is -0.313 e. The molecule has 5 nitrogen and oxygen atoms in total. The molecular formula is C13H27N3O2S. The van der Waals surface area contributed by atoms with Gasteiger partial charge in [0, 0.05) is 25.7 Å². The number of nitrogens with one attached hydrogen (secondary N) is 1. The topological polar surface area (TPSA) is 52.7 Å². The minimum absolute atomic E-state index is 0.141. The predicted octanol–water partition coefficient (Wildman–Crippen LogP) is 0.484. The molecule has 0 aliphatic carbocycles. The zero-order chi connectivity index (χ0) is 13.9. The van der Waals surface area contributed by atoms with Gasteiger partial charge in [0.2, 0.25) is 10.0 Å². The second-order valence-electron chi connectivity index (χ2n) is 5.98. The molecule has 0 aromatic rings. The third-order valence-electron chi connectivity index (χ3n) is 4.44. The zero-order valence-electron chi connectivity index (χ0n) is 12.1. The fourth-order valence-corrected chi connectivity index (χ4v) is 4.51. The van der Waals surface area contributed by atoms with E-state index in [0.29, 0.717) is 12.6 Å². The Labute approximate surface area is 117 Å². The summed E-state index contributed by atoms with van der Waals surface area (Å²) in [6, 6.07) is 0.529. The number of likely N-dealkylation sites (tertiary alicyclic amines) is 1. The highest BCUT2D eigenvalue weighted by Gasteiger charge is 2.29. The Morgan fingerprint density at radius 3 is 2.63 bits per heavy atom. The van der Waals surface area contributed by atoms with E-state index in [1.54, 1.807) is 11.4 Å². The lowest BCUT2D eigenvalue weighted by Crippen LogP contribution is -2.46. The third-order valence-corrected chi connectivity index (χ3v) is 6.36. The standard InChI is InChI=1S/C13H27N3O2S/c1-15-9-5-7-13(15)10-16(2)19(17,18)11-12-6-3-4-8-14-12/h12-14H,3-11H2,1-2H3. The van der Waals surface area contributed by atoms with Gasteiger partial charge in [0.1, 0.15) is 0 Å². The molecule has 0 amide bonds. The van der Waals surface area contributed by atoms with Gasteiger partial charge in [-0.25, -0.2) is 12.7 Å². The lowest BCUT2D eigenvalue weighted by atomic mass is 10.1. The maximum Gasteiger partial charge on any atom is 0.215 e. The van der Waals surface area contributed by atoms with Gasteiger partial charge in [-0.3, -0.25) is 0 Å². The van der Waals surface area contributed by atoms with Gasteiger partial charge >= 0.3 is 0 Å². The molecule has 0 spiro atoms. The molecule has 0 aromatic heterocycles. The summed E-state index contributed by atoms with van der Waals surface area (Å²) in [6.07, 6.45) is 5.58. The van der Waals surface area contributed by atoms with E-state index in [-0.39, 0.29) is 11.8 Å². The SMILES string of the molecule is CN1CCCC1CN(C)S(=O)(=O)CC1CCCCN1.